The smallest absolute Gasteiger partial charge is 0.409 e. The quantitative estimate of drug-likeness (QED) is 0.663. The van der Waals surface area contributed by atoms with Gasteiger partial charge in [0.25, 0.3) is 0 Å². The van der Waals surface area contributed by atoms with Crippen LogP contribution in [0.5, 0.6) is 5.75 Å². The molecule has 0 saturated carbocycles. The van der Waals surface area contributed by atoms with Gasteiger partial charge < -0.3 is 4.74 Å². The van der Waals surface area contributed by atoms with Crippen LogP contribution in [0.25, 0.3) is 0 Å². The van der Waals surface area contributed by atoms with Crippen LogP contribution in [0, 0.1) is 5.82 Å². The minimum absolute atomic E-state index is 0.00370. The molecule has 0 aliphatic heterocycles. The average molecular weight is 209 g/mol. The monoisotopic (exact) mass is 208 g/mol. The summed E-state index contributed by atoms with van der Waals surface area (Å²) < 4.78 is 16.9. The number of hydrogen-bond acceptors (Lipinski definition) is 2. The van der Waals surface area contributed by atoms with Gasteiger partial charge in [0.1, 0.15) is 5.82 Å². The first-order chi connectivity index (χ1) is 5.59. The third kappa shape index (κ3) is 2.36. The number of ether oxygens (including phenoxy) is 1. The van der Waals surface area contributed by atoms with Crippen molar-refractivity contribution in [3.8, 4) is 5.75 Å². The highest BCUT2D eigenvalue weighted by atomic mass is 35.5. The highest BCUT2D eigenvalue weighted by Crippen LogP contribution is 2.25. The molecule has 0 amide bonds. The fraction of sp³-hybridized carbons (Fsp3) is 0. The molecule has 0 heterocycles. The lowest BCUT2D eigenvalue weighted by molar-refractivity contribution is 0.225. The van der Waals surface area contributed by atoms with Crippen molar-refractivity contribution in [1.82, 2.24) is 0 Å². The van der Waals surface area contributed by atoms with E-state index < -0.39 is 11.2 Å². The molecule has 0 bridgehead atoms. The average Bonchev–Trinajstić information content (AvgIpc) is 1.94. The van der Waals surface area contributed by atoms with Gasteiger partial charge in [0.15, 0.2) is 5.75 Å². The Balaban J connectivity index is 2.93. The van der Waals surface area contributed by atoms with Crippen LogP contribution >= 0.6 is 23.2 Å². The Morgan fingerprint density at radius 2 is 2.17 bits per heavy atom. The molecular weight excluding hydrogens is 206 g/mol. The molecular formula is C7H3Cl2FO2. The Labute approximate surface area is 77.8 Å². The molecule has 0 aliphatic carbocycles. The number of rotatable bonds is 1. The maximum absolute atomic E-state index is 12.4. The molecule has 0 unspecified atom stereocenters. The van der Waals surface area contributed by atoms with Gasteiger partial charge in [-0.05, 0) is 18.2 Å². The van der Waals surface area contributed by atoms with E-state index in [-0.39, 0.29) is 10.8 Å². The highest BCUT2D eigenvalue weighted by Gasteiger charge is 2.05. The van der Waals surface area contributed by atoms with Crippen molar-refractivity contribution in [3.63, 3.8) is 0 Å². The summed E-state index contributed by atoms with van der Waals surface area (Å²) in [5.74, 6) is -0.465. The van der Waals surface area contributed by atoms with E-state index in [0.717, 1.165) is 12.1 Å². The van der Waals surface area contributed by atoms with Crippen molar-refractivity contribution in [3.05, 3.63) is 29.0 Å². The van der Waals surface area contributed by atoms with Crippen molar-refractivity contribution >= 4 is 28.6 Å². The van der Waals surface area contributed by atoms with E-state index in [1.54, 1.807) is 0 Å². The van der Waals surface area contributed by atoms with Crippen LogP contribution in [0.15, 0.2) is 18.2 Å². The molecule has 0 saturated heterocycles. The minimum Gasteiger partial charge on any atom is -0.413 e. The predicted molar refractivity (Wildman–Crippen MR) is 43.3 cm³/mol. The molecule has 0 spiro atoms. The topological polar surface area (TPSA) is 26.3 Å². The zero-order valence-electron chi connectivity index (χ0n) is 5.68. The molecule has 64 valence electrons. The Morgan fingerprint density at radius 3 is 2.67 bits per heavy atom. The van der Waals surface area contributed by atoms with E-state index in [9.17, 15) is 9.18 Å². The van der Waals surface area contributed by atoms with Crippen LogP contribution in [0.1, 0.15) is 0 Å². The van der Waals surface area contributed by atoms with Crippen LogP contribution in [0.2, 0.25) is 5.02 Å². The van der Waals surface area contributed by atoms with Crippen molar-refractivity contribution in [1.29, 1.82) is 0 Å². The van der Waals surface area contributed by atoms with E-state index in [1.165, 1.54) is 6.07 Å². The third-order valence-electron chi connectivity index (χ3n) is 1.08. The van der Waals surface area contributed by atoms with Crippen molar-refractivity contribution in [2.24, 2.45) is 0 Å². The molecule has 2 nitrogen and oxygen atoms in total. The lowest BCUT2D eigenvalue weighted by Gasteiger charge is -2.00. The number of carbonyl (C=O) groups excluding carboxylic acids is 1. The van der Waals surface area contributed by atoms with Crippen LogP contribution < -0.4 is 4.74 Å². The van der Waals surface area contributed by atoms with Gasteiger partial charge in [0.05, 0.1) is 5.02 Å². The molecule has 0 N–H and O–H groups in total. The van der Waals surface area contributed by atoms with E-state index in [1.807, 2.05) is 0 Å². The summed E-state index contributed by atoms with van der Waals surface area (Å²) in [6, 6.07) is 3.36. The van der Waals surface area contributed by atoms with Gasteiger partial charge in [0.2, 0.25) is 0 Å². The predicted octanol–water partition coefficient (Wildman–Crippen LogP) is 3.22. The van der Waals surface area contributed by atoms with E-state index >= 15 is 0 Å². The number of benzene rings is 1. The maximum Gasteiger partial charge on any atom is 0.409 e. The molecule has 0 atom stereocenters. The van der Waals surface area contributed by atoms with Crippen molar-refractivity contribution in [2.75, 3.05) is 0 Å². The lowest BCUT2D eigenvalue weighted by atomic mass is 10.3. The number of hydrogen-bond donors (Lipinski definition) is 0. The zero-order valence-corrected chi connectivity index (χ0v) is 7.19. The highest BCUT2D eigenvalue weighted by molar-refractivity contribution is 6.61. The fourth-order valence-electron chi connectivity index (χ4n) is 0.644. The summed E-state index contributed by atoms with van der Waals surface area (Å²) in [6.07, 6.45) is 0. The molecule has 1 rings (SSSR count). The Hall–Kier alpha value is -0.800. The van der Waals surface area contributed by atoms with Gasteiger partial charge >= 0.3 is 5.43 Å². The third-order valence-corrected chi connectivity index (χ3v) is 1.46. The van der Waals surface area contributed by atoms with Crippen LogP contribution in [-0.2, 0) is 0 Å². The second-order valence-electron chi connectivity index (χ2n) is 1.91. The first-order valence-corrected chi connectivity index (χ1v) is 3.67. The Bertz CT molecular complexity index is 314. The summed E-state index contributed by atoms with van der Waals surface area (Å²) in [6.45, 7) is 0. The normalized spacial score (nSPS) is 9.58. The summed E-state index contributed by atoms with van der Waals surface area (Å²) >= 11 is 10.4. The number of carbonyl (C=O) groups is 1. The Kier molecular flexibility index (Phi) is 2.89. The van der Waals surface area contributed by atoms with Crippen molar-refractivity contribution in [2.45, 2.75) is 0 Å². The van der Waals surface area contributed by atoms with Crippen LogP contribution in [-0.4, -0.2) is 5.43 Å². The van der Waals surface area contributed by atoms with Gasteiger partial charge in [-0.2, -0.15) is 0 Å². The first-order valence-electron chi connectivity index (χ1n) is 2.92. The summed E-state index contributed by atoms with van der Waals surface area (Å²) in [4.78, 5) is 10.2. The SMILES string of the molecule is O=C(Cl)Oc1ccc(F)cc1Cl. The number of halogens is 3. The molecule has 0 aliphatic rings. The molecule has 5 heteroatoms. The van der Waals surface area contributed by atoms with Gasteiger partial charge in [-0.1, -0.05) is 11.6 Å². The lowest BCUT2D eigenvalue weighted by Crippen LogP contribution is -1.96. The zero-order chi connectivity index (χ0) is 9.14. The molecule has 0 aromatic heterocycles. The van der Waals surface area contributed by atoms with E-state index in [0.29, 0.717) is 0 Å². The molecule has 1 aromatic rings. The molecule has 0 fully saturated rings. The molecule has 12 heavy (non-hydrogen) atoms. The largest absolute Gasteiger partial charge is 0.413 e. The van der Waals surface area contributed by atoms with Gasteiger partial charge in [-0.3, -0.25) is 0 Å². The van der Waals surface area contributed by atoms with E-state index in [2.05, 4.69) is 4.74 Å². The summed E-state index contributed by atoms with van der Waals surface area (Å²) in [5.41, 5.74) is -1.01. The van der Waals surface area contributed by atoms with Gasteiger partial charge in [-0.15, -0.1) is 0 Å². The standard InChI is InChI=1S/C7H3Cl2FO2/c8-5-3-4(10)1-2-6(5)12-7(9)11/h1-3H. The van der Waals surface area contributed by atoms with Crippen LogP contribution in [0.3, 0.4) is 0 Å². The Morgan fingerprint density at radius 1 is 1.50 bits per heavy atom. The molecule has 1 aromatic carbocycles. The summed E-state index contributed by atoms with van der Waals surface area (Å²) in [7, 11) is 0. The minimum atomic E-state index is -1.01. The maximum atomic E-state index is 12.4. The van der Waals surface area contributed by atoms with E-state index in [4.69, 9.17) is 23.2 Å². The second kappa shape index (κ2) is 3.74. The van der Waals surface area contributed by atoms with Crippen molar-refractivity contribution < 1.29 is 13.9 Å². The second-order valence-corrected chi connectivity index (χ2v) is 2.63. The molecule has 0 radical (unpaired) electrons. The van der Waals surface area contributed by atoms with Gasteiger partial charge in [-0.25, -0.2) is 9.18 Å². The van der Waals surface area contributed by atoms with Gasteiger partial charge in [0, 0.05) is 11.6 Å². The van der Waals surface area contributed by atoms with Crippen LogP contribution in [0.4, 0.5) is 9.18 Å². The fourth-order valence-corrected chi connectivity index (χ4v) is 0.933. The summed E-state index contributed by atoms with van der Waals surface area (Å²) in [5, 5.41) is 0.00370. The first kappa shape index (κ1) is 9.29.